The van der Waals surface area contributed by atoms with Crippen LogP contribution in [0.1, 0.15) is 61.4 Å². The second kappa shape index (κ2) is 5.44. The standard InChI is InChI=1S/C17H27N/c1-11-9-13(3)17(14(4)10-11)15(5)18-16-8-6-7-12(16)2/h9-10,12,15-16,18H,6-8H2,1-5H3. The van der Waals surface area contributed by atoms with Crippen molar-refractivity contribution in [2.45, 2.75) is 66.0 Å². The molecule has 0 aliphatic heterocycles. The molecule has 18 heavy (non-hydrogen) atoms. The molecule has 0 saturated heterocycles. The SMILES string of the molecule is Cc1cc(C)c(C(C)NC2CCCC2C)c(C)c1. The Bertz CT molecular complexity index is 399. The fourth-order valence-electron chi connectivity index (χ4n) is 3.67. The van der Waals surface area contributed by atoms with Gasteiger partial charge >= 0.3 is 0 Å². The molecule has 1 heteroatoms. The predicted octanol–water partition coefficient (Wildman–Crippen LogP) is 4.45. The molecule has 0 amide bonds. The van der Waals surface area contributed by atoms with Crippen LogP contribution in [-0.4, -0.2) is 6.04 Å². The Morgan fingerprint density at radius 3 is 2.22 bits per heavy atom. The Kier molecular flexibility index (Phi) is 4.11. The molecule has 100 valence electrons. The average Bonchev–Trinajstić information content (AvgIpc) is 2.62. The molecule has 0 bridgehead atoms. The van der Waals surface area contributed by atoms with Gasteiger partial charge in [-0.2, -0.15) is 0 Å². The van der Waals surface area contributed by atoms with E-state index in [4.69, 9.17) is 0 Å². The summed E-state index contributed by atoms with van der Waals surface area (Å²) in [6, 6.07) is 5.79. The molecule has 1 aromatic carbocycles. The highest BCUT2D eigenvalue weighted by atomic mass is 15.0. The molecule has 2 rings (SSSR count). The number of hydrogen-bond acceptors (Lipinski definition) is 1. The lowest BCUT2D eigenvalue weighted by atomic mass is 9.93. The van der Waals surface area contributed by atoms with Crippen LogP contribution < -0.4 is 5.32 Å². The van der Waals surface area contributed by atoms with Gasteiger partial charge in [0.05, 0.1) is 0 Å². The van der Waals surface area contributed by atoms with Crippen molar-refractivity contribution in [3.8, 4) is 0 Å². The summed E-state index contributed by atoms with van der Waals surface area (Å²) in [6.07, 6.45) is 4.11. The number of aryl methyl sites for hydroxylation is 3. The van der Waals surface area contributed by atoms with Gasteiger partial charge in [-0.25, -0.2) is 0 Å². The minimum Gasteiger partial charge on any atom is -0.307 e. The molecule has 1 N–H and O–H groups in total. The highest BCUT2D eigenvalue weighted by molar-refractivity contribution is 5.39. The maximum atomic E-state index is 3.85. The fourth-order valence-corrected chi connectivity index (χ4v) is 3.67. The zero-order valence-corrected chi connectivity index (χ0v) is 12.5. The van der Waals surface area contributed by atoms with E-state index in [1.807, 2.05) is 0 Å². The van der Waals surface area contributed by atoms with E-state index < -0.39 is 0 Å². The normalized spacial score (nSPS) is 25.4. The highest BCUT2D eigenvalue weighted by Gasteiger charge is 2.25. The molecule has 3 unspecified atom stereocenters. The molecule has 1 nitrogen and oxygen atoms in total. The van der Waals surface area contributed by atoms with Gasteiger partial charge in [0.1, 0.15) is 0 Å². The maximum Gasteiger partial charge on any atom is 0.0299 e. The van der Waals surface area contributed by atoms with Gasteiger partial charge in [0, 0.05) is 12.1 Å². The Labute approximate surface area is 112 Å². The van der Waals surface area contributed by atoms with Crippen LogP contribution in [0.4, 0.5) is 0 Å². The van der Waals surface area contributed by atoms with Crippen LogP contribution in [0.2, 0.25) is 0 Å². The van der Waals surface area contributed by atoms with Crippen molar-refractivity contribution in [1.82, 2.24) is 5.32 Å². The minimum absolute atomic E-state index is 0.469. The summed E-state index contributed by atoms with van der Waals surface area (Å²) >= 11 is 0. The van der Waals surface area contributed by atoms with Crippen LogP contribution in [-0.2, 0) is 0 Å². The molecule has 1 aromatic rings. The summed E-state index contributed by atoms with van der Waals surface area (Å²) in [5, 5.41) is 3.85. The van der Waals surface area contributed by atoms with Gasteiger partial charge in [0.25, 0.3) is 0 Å². The Morgan fingerprint density at radius 2 is 1.72 bits per heavy atom. The lowest BCUT2D eigenvalue weighted by molar-refractivity contribution is 0.387. The van der Waals surface area contributed by atoms with Crippen molar-refractivity contribution < 1.29 is 0 Å². The van der Waals surface area contributed by atoms with Gasteiger partial charge in [-0.15, -0.1) is 0 Å². The number of nitrogens with one attached hydrogen (secondary N) is 1. The summed E-state index contributed by atoms with van der Waals surface area (Å²) in [7, 11) is 0. The van der Waals surface area contributed by atoms with E-state index in [1.54, 1.807) is 0 Å². The van der Waals surface area contributed by atoms with E-state index >= 15 is 0 Å². The highest BCUT2D eigenvalue weighted by Crippen LogP contribution is 2.29. The van der Waals surface area contributed by atoms with Gasteiger partial charge in [0.2, 0.25) is 0 Å². The van der Waals surface area contributed by atoms with Gasteiger partial charge in [-0.05, 0) is 63.1 Å². The first-order valence-electron chi connectivity index (χ1n) is 7.33. The third-order valence-corrected chi connectivity index (χ3v) is 4.50. The van der Waals surface area contributed by atoms with Crippen molar-refractivity contribution in [3.63, 3.8) is 0 Å². The average molecular weight is 245 g/mol. The molecular weight excluding hydrogens is 218 g/mol. The first kappa shape index (κ1) is 13.6. The minimum atomic E-state index is 0.469. The van der Waals surface area contributed by atoms with Crippen molar-refractivity contribution >= 4 is 0 Å². The Balaban J connectivity index is 2.16. The van der Waals surface area contributed by atoms with Crippen LogP contribution in [0.5, 0.6) is 0 Å². The van der Waals surface area contributed by atoms with Crippen LogP contribution >= 0.6 is 0 Å². The van der Waals surface area contributed by atoms with Crippen LogP contribution in [0.25, 0.3) is 0 Å². The summed E-state index contributed by atoms with van der Waals surface area (Å²) in [5.74, 6) is 0.832. The summed E-state index contributed by atoms with van der Waals surface area (Å²) < 4.78 is 0. The third kappa shape index (κ3) is 2.77. The predicted molar refractivity (Wildman–Crippen MR) is 79.0 cm³/mol. The molecule has 0 spiro atoms. The topological polar surface area (TPSA) is 12.0 Å². The van der Waals surface area contributed by atoms with Crippen molar-refractivity contribution in [1.29, 1.82) is 0 Å². The second-order valence-electron chi connectivity index (χ2n) is 6.22. The summed E-state index contributed by atoms with van der Waals surface area (Å²) in [6.45, 7) is 11.4. The number of benzene rings is 1. The van der Waals surface area contributed by atoms with Gasteiger partial charge in [-0.1, -0.05) is 31.0 Å². The molecule has 1 saturated carbocycles. The quantitative estimate of drug-likeness (QED) is 0.829. The smallest absolute Gasteiger partial charge is 0.0299 e. The first-order chi connectivity index (χ1) is 8.49. The molecule has 1 fully saturated rings. The Hall–Kier alpha value is -0.820. The van der Waals surface area contributed by atoms with E-state index in [2.05, 4.69) is 52.1 Å². The molecule has 3 atom stereocenters. The molecule has 1 aliphatic carbocycles. The Morgan fingerprint density at radius 1 is 1.11 bits per heavy atom. The fraction of sp³-hybridized carbons (Fsp3) is 0.647. The summed E-state index contributed by atoms with van der Waals surface area (Å²) in [4.78, 5) is 0. The monoisotopic (exact) mass is 245 g/mol. The van der Waals surface area contributed by atoms with Crippen molar-refractivity contribution in [3.05, 3.63) is 34.4 Å². The molecular formula is C17H27N. The number of rotatable bonds is 3. The maximum absolute atomic E-state index is 3.85. The van der Waals surface area contributed by atoms with E-state index in [0.717, 1.165) is 5.92 Å². The second-order valence-corrected chi connectivity index (χ2v) is 6.22. The zero-order chi connectivity index (χ0) is 13.3. The number of hydrogen-bond donors (Lipinski definition) is 1. The van der Waals surface area contributed by atoms with Crippen molar-refractivity contribution in [2.75, 3.05) is 0 Å². The molecule has 1 aliphatic rings. The van der Waals surface area contributed by atoms with Gasteiger partial charge in [0.15, 0.2) is 0 Å². The zero-order valence-electron chi connectivity index (χ0n) is 12.5. The van der Waals surface area contributed by atoms with Gasteiger partial charge < -0.3 is 5.32 Å². The van der Waals surface area contributed by atoms with E-state index in [-0.39, 0.29) is 0 Å². The molecule has 0 radical (unpaired) electrons. The van der Waals surface area contributed by atoms with E-state index in [1.165, 1.54) is 41.5 Å². The van der Waals surface area contributed by atoms with Crippen molar-refractivity contribution in [2.24, 2.45) is 5.92 Å². The first-order valence-corrected chi connectivity index (χ1v) is 7.33. The lowest BCUT2D eigenvalue weighted by Crippen LogP contribution is -2.34. The van der Waals surface area contributed by atoms with Crippen LogP contribution in [0, 0.1) is 26.7 Å². The lowest BCUT2D eigenvalue weighted by Gasteiger charge is -2.26. The molecule has 0 aromatic heterocycles. The van der Waals surface area contributed by atoms with E-state index in [9.17, 15) is 0 Å². The van der Waals surface area contributed by atoms with Crippen LogP contribution in [0.15, 0.2) is 12.1 Å². The van der Waals surface area contributed by atoms with Crippen LogP contribution in [0.3, 0.4) is 0 Å². The van der Waals surface area contributed by atoms with Gasteiger partial charge in [-0.3, -0.25) is 0 Å². The molecule has 0 heterocycles. The summed E-state index contributed by atoms with van der Waals surface area (Å²) in [5.41, 5.74) is 5.73. The largest absolute Gasteiger partial charge is 0.307 e. The third-order valence-electron chi connectivity index (χ3n) is 4.50. The van der Waals surface area contributed by atoms with E-state index in [0.29, 0.717) is 12.1 Å².